The number of nitrogens with zero attached hydrogens (tertiary/aromatic N) is 2. The molecule has 0 bridgehead atoms. The van der Waals surface area contributed by atoms with Crippen LogP contribution < -0.4 is 10.6 Å². The number of anilines is 1. The molecule has 1 aliphatic heterocycles. The average Bonchev–Trinajstić information content (AvgIpc) is 2.66. The Hall–Kier alpha value is -2.94. The van der Waals surface area contributed by atoms with Gasteiger partial charge >= 0.3 is 6.18 Å². The van der Waals surface area contributed by atoms with E-state index in [4.69, 9.17) is 0 Å². The minimum atomic E-state index is -4.64. The molecule has 28 heavy (non-hydrogen) atoms. The van der Waals surface area contributed by atoms with E-state index in [0.717, 1.165) is 17.7 Å². The van der Waals surface area contributed by atoms with Crippen molar-refractivity contribution in [2.24, 2.45) is 0 Å². The smallest absolute Gasteiger partial charge is 0.329 e. The van der Waals surface area contributed by atoms with Crippen LogP contribution in [0.25, 0.3) is 0 Å². The van der Waals surface area contributed by atoms with Crippen molar-refractivity contribution in [3.05, 3.63) is 59.4 Å². The summed E-state index contributed by atoms with van der Waals surface area (Å²) in [6.45, 7) is 2.52. The van der Waals surface area contributed by atoms with Gasteiger partial charge in [-0.05, 0) is 29.8 Å². The first-order valence-electron chi connectivity index (χ1n) is 8.67. The van der Waals surface area contributed by atoms with Crippen molar-refractivity contribution in [1.82, 2.24) is 15.2 Å². The van der Waals surface area contributed by atoms with Gasteiger partial charge in [0, 0.05) is 50.2 Å². The second-order valence-electron chi connectivity index (χ2n) is 6.48. The summed E-state index contributed by atoms with van der Waals surface area (Å²) in [5, 5.41) is 5.51. The quantitative estimate of drug-likeness (QED) is 0.843. The van der Waals surface area contributed by atoms with Crippen LogP contribution in [-0.4, -0.2) is 41.3 Å². The van der Waals surface area contributed by atoms with Crippen LogP contribution in [0, 0.1) is 0 Å². The number of piperazine rings is 1. The second-order valence-corrected chi connectivity index (χ2v) is 6.48. The van der Waals surface area contributed by atoms with Crippen molar-refractivity contribution >= 4 is 17.5 Å². The van der Waals surface area contributed by atoms with Crippen LogP contribution in [0.15, 0.2) is 42.7 Å². The first-order valence-corrected chi connectivity index (χ1v) is 8.67. The lowest BCUT2D eigenvalue weighted by Gasteiger charge is -2.36. The van der Waals surface area contributed by atoms with Gasteiger partial charge in [0.15, 0.2) is 0 Å². The highest BCUT2D eigenvalue weighted by atomic mass is 19.4. The van der Waals surface area contributed by atoms with Crippen molar-refractivity contribution < 1.29 is 22.8 Å². The van der Waals surface area contributed by atoms with Gasteiger partial charge in [-0.25, -0.2) is 0 Å². The molecule has 6 nitrogen and oxygen atoms in total. The Morgan fingerprint density at radius 3 is 2.71 bits per heavy atom. The molecule has 0 spiro atoms. The maximum Gasteiger partial charge on any atom is 0.416 e. The summed E-state index contributed by atoms with van der Waals surface area (Å²) < 4.78 is 39.8. The number of halogens is 3. The van der Waals surface area contributed by atoms with Crippen molar-refractivity contribution in [3.8, 4) is 0 Å². The Kier molecular flexibility index (Phi) is 5.64. The normalized spacial score (nSPS) is 17.3. The maximum absolute atomic E-state index is 13.3. The molecule has 148 valence electrons. The number of nitrogens with one attached hydrogen (secondary N) is 2. The van der Waals surface area contributed by atoms with E-state index in [1.165, 1.54) is 17.9 Å². The third-order valence-electron chi connectivity index (χ3n) is 4.40. The number of carbonyl (C=O) groups excluding carboxylic acids is 2. The van der Waals surface area contributed by atoms with Gasteiger partial charge in [-0.1, -0.05) is 6.07 Å². The van der Waals surface area contributed by atoms with Crippen LogP contribution in [0.4, 0.5) is 18.9 Å². The minimum Gasteiger partial charge on any atom is -0.329 e. The van der Waals surface area contributed by atoms with E-state index in [1.54, 1.807) is 18.5 Å². The van der Waals surface area contributed by atoms with E-state index < -0.39 is 23.6 Å². The van der Waals surface area contributed by atoms with Gasteiger partial charge in [-0.2, -0.15) is 13.2 Å². The monoisotopic (exact) mass is 392 g/mol. The molecular weight excluding hydrogens is 373 g/mol. The molecule has 1 aliphatic rings. The standard InChI is InChI=1S/C19H19F3N4O2/c1-12(27)25-16-8-14(7-15(9-16)19(20,21)22)18(28)26-6-5-24-11-17(26)13-3-2-4-23-10-13/h2-4,7-10,17,24H,5-6,11H2,1H3,(H,25,27). The largest absolute Gasteiger partial charge is 0.416 e. The van der Waals surface area contributed by atoms with Gasteiger partial charge in [0.2, 0.25) is 5.91 Å². The lowest BCUT2D eigenvalue weighted by Crippen LogP contribution is -2.48. The molecule has 1 saturated heterocycles. The summed E-state index contributed by atoms with van der Waals surface area (Å²) in [6.07, 6.45) is -1.40. The van der Waals surface area contributed by atoms with Crippen LogP contribution in [0.3, 0.4) is 0 Å². The van der Waals surface area contributed by atoms with E-state index in [1.807, 2.05) is 6.07 Å². The zero-order valence-corrected chi connectivity index (χ0v) is 15.1. The highest BCUT2D eigenvalue weighted by Gasteiger charge is 2.34. The summed E-state index contributed by atoms with van der Waals surface area (Å²) in [4.78, 5) is 30.0. The number of rotatable bonds is 3. The van der Waals surface area contributed by atoms with Gasteiger partial charge in [0.05, 0.1) is 11.6 Å². The lowest BCUT2D eigenvalue weighted by atomic mass is 10.0. The summed E-state index contributed by atoms with van der Waals surface area (Å²) in [7, 11) is 0. The topological polar surface area (TPSA) is 74.3 Å². The minimum absolute atomic E-state index is 0.0706. The molecule has 0 aliphatic carbocycles. The molecule has 1 aromatic carbocycles. The second kappa shape index (κ2) is 7.97. The molecule has 3 rings (SSSR count). The third kappa shape index (κ3) is 4.48. The predicted molar refractivity (Wildman–Crippen MR) is 96.6 cm³/mol. The van der Waals surface area contributed by atoms with Crippen LogP contribution >= 0.6 is 0 Å². The van der Waals surface area contributed by atoms with Crippen LogP contribution in [0.1, 0.15) is 34.5 Å². The Morgan fingerprint density at radius 1 is 1.29 bits per heavy atom. The number of hydrogen-bond donors (Lipinski definition) is 2. The molecule has 2 aromatic rings. The fourth-order valence-electron chi connectivity index (χ4n) is 3.17. The van der Waals surface area contributed by atoms with E-state index in [0.29, 0.717) is 19.6 Å². The van der Waals surface area contributed by atoms with Crippen molar-refractivity contribution in [1.29, 1.82) is 0 Å². The van der Waals surface area contributed by atoms with E-state index in [2.05, 4.69) is 15.6 Å². The Labute approximate surface area is 159 Å². The fourth-order valence-corrected chi connectivity index (χ4v) is 3.17. The molecule has 1 unspecified atom stereocenters. The molecule has 0 radical (unpaired) electrons. The highest BCUT2D eigenvalue weighted by molar-refractivity contribution is 5.97. The van der Waals surface area contributed by atoms with Gasteiger partial charge < -0.3 is 15.5 Å². The summed E-state index contributed by atoms with van der Waals surface area (Å²) in [6, 6.07) is 6.10. The van der Waals surface area contributed by atoms with Gasteiger partial charge in [0.1, 0.15) is 0 Å². The van der Waals surface area contributed by atoms with Gasteiger partial charge in [-0.15, -0.1) is 0 Å². The zero-order valence-electron chi connectivity index (χ0n) is 15.1. The highest BCUT2D eigenvalue weighted by Crippen LogP contribution is 2.33. The number of amides is 2. The van der Waals surface area contributed by atoms with Crippen LogP contribution in [-0.2, 0) is 11.0 Å². The number of pyridine rings is 1. The Morgan fingerprint density at radius 2 is 2.07 bits per heavy atom. The summed E-state index contributed by atoms with van der Waals surface area (Å²) in [5.74, 6) is -1.05. The maximum atomic E-state index is 13.3. The first kappa shape index (κ1) is 19.8. The molecule has 1 atom stereocenters. The lowest BCUT2D eigenvalue weighted by molar-refractivity contribution is -0.137. The van der Waals surface area contributed by atoms with Crippen molar-refractivity contribution in [2.45, 2.75) is 19.1 Å². The first-order chi connectivity index (χ1) is 13.3. The predicted octanol–water partition coefficient (Wildman–Crippen LogP) is 2.85. The van der Waals surface area contributed by atoms with Gasteiger partial charge in [0.25, 0.3) is 5.91 Å². The van der Waals surface area contributed by atoms with Crippen LogP contribution in [0.2, 0.25) is 0 Å². The Balaban J connectivity index is 1.98. The van der Waals surface area contributed by atoms with E-state index in [-0.39, 0.29) is 17.3 Å². The SMILES string of the molecule is CC(=O)Nc1cc(C(=O)N2CCNCC2c2cccnc2)cc(C(F)(F)F)c1. The zero-order chi connectivity index (χ0) is 20.3. The summed E-state index contributed by atoms with van der Waals surface area (Å²) >= 11 is 0. The number of alkyl halides is 3. The van der Waals surface area contributed by atoms with E-state index >= 15 is 0 Å². The third-order valence-corrected chi connectivity index (χ3v) is 4.40. The molecule has 2 N–H and O–H groups in total. The average molecular weight is 392 g/mol. The van der Waals surface area contributed by atoms with Crippen molar-refractivity contribution in [3.63, 3.8) is 0 Å². The number of hydrogen-bond acceptors (Lipinski definition) is 4. The molecule has 2 amide bonds. The number of aromatic nitrogens is 1. The fraction of sp³-hybridized carbons (Fsp3) is 0.316. The van der Waals surface area contributed by atoms with Gasteiger partial charge in [-0.3, -0.25) is 14.6 Å². The molecular formula is C19H19F3N4O2. The molecule has 1 aromatic heterocycles. The van der Waals surface area contributed by atoms with Crippen LogP contribution in [0.5, 0.6) is 0 Å². The summed E-state index contributed by atoms with van der Waals surface area (Å²) in [5.41, 5.74) is -0.402. The van der Waals surface area contributed by atoms with Crippen molar-refractivity contribution in [2.75, 3.05) is 25.0 Å². The van der Waals surface area contributed by atoms with E-state index in [9.17, 15) is 22.8 Å². The number of carbonyl (C=O) groups is 2. The Bertz CT molecular complexity index is 871. The molecule has 9 heteroatoms. The molecule has 2 heterocycles. The number of benzene rings is 1. The molecule has 1 fully saturated rings. The molecule has 0 saturated carbocycles.